The molecule has 0 radical (unpaired) electrons. The fourth-order valence-electron chi connectivity index (χ4n) is 1.60. The van der Waals surface area contributed by atoms with Gasteiger partial charge in [-0.1, -0.05) is 29.9 Å². The van der Waals surface area contributed by atoms with Crippen LogP contribution < -0.4 is 5.01 Å². The summed E-state index contributed by atoms with van der Waals surface area (Å²) in [4.78, 5) is 33.7. The van der Waals surface area contributed by atoms with Crippen LogP contribution in [-0.2, 0) is 19.1 Å². The molecule has 0 saturated carbocycles. The highest BCUT2D eigenvalue weighted by Crippen LogP contribution is 2.20. The molecular formula is C16H18N2O5. The van der Waals surface area contributed by atoms with Gasteiger partial charge in [0, 0.05) is 12.0 Å². The van der Waals surface area contributed by atoms with Gasteiger partial charge in [0.1, 0.15) is 0 Å². The zero-order chi connectivity index (χ0) is 17.2. The molecule has 7 nitrogen and oxygen atoms in total. The lowest BCUT2D eigenvalue weighted by Gasteiger charge is -2.17. The smallest absolute Gasteiger partial charge is 0.435 e. The highest BCUT2D eigenvalue weighted by molar-refractivity contribution is 5.88. The molecule has 7 heteroatoms. The van der Waals surface area contributed by atoms with Gasteiger partial charge < -0.3 is 9.47 Å². The van der Waals surface area contributed by atoms with Crippen molar-refractivity contribution in [3.63, 3.8) is 0 Å². The monoisotopic (exact) mass is 318 g/mol. The minimum atomic E-state index is -0.811. The second-order valence-corrected chi connectivity index (χ2v) is 4.67. The molecule has 122 valence electrons. The number of nitrogens with zero attached hydrogens (tertiary/aromatic N) is 2. The molecule has 0 aliphatic heterocycles. The van der Waals surface area contributed by atoms with Gasteiger partial charge in [-0.2, -0.15) is 5.01 Å². The maximum absolute atomic E-state index is 12.0. The van der Waals surface area contributed by atoms with Crippen LogP contribution in [0.25, 0.3) is 0 Å². The summed E-state index contributed by atoms with van der Waals surface area (Å²) in [5, 5.41) is 4.20. The molecule has 1 aromatic carbocycles. The third kappa shape index (κ3) is 5.76. The summed E-state index contributed by atoms with van der Waals surface area (Å²) in [7, 11) is 0. The van der Waals surface area contributed by atoms with Crippen molar-refractivity contribution in [3.8, 4) is 0 Å². The first-order chi connectivity index (χ1) is 11.0. The number of carbonyl (C=O) groups is 2. The Morgan fingerprint density at radius 2 is 1.91 bits per heavy atom. The fourth-order valence-corrected chi connectivity index (χ4v) is 1.60. The molecule has 0 aromatic heterocycles. The predicted molar refractivity (Wildman–Crippen MR) is 83.5 cm³/mol. The van der Waals surface area contributed by atoms with E-state index in [-0.39, 0.29) is 13.2 Å². The van der Waals surface area contributed by atoms with Crippen molar-refractivity contribution in [2.24, 2.45) is 5.10 Å². The van der Waals surface area contributed by atoms with E-state index in [0.29, 0.717) is 17.7 Å². The maximum Gasteiger partial charge on any atom is 0.435 e. The first-order valence-electron chi connectivity index (χ1n) is 6.90. The van der Waals surface area contributed by atoms with Crippen molar-refractivity contribution in [1.29, 1.82) is 0 Å². The van der Waals surface area contributed by atoms with Gasteiger partial charge in [0.25, 0.3) is 6.08 Å². The molecular weight excluding hydrogens is 300 g/mol. The number of para-hydroxylation sites is 1. The van der Waals surface area contributed by atoms with Gasteiger partial charge >= 0.3 is 12.1 Å². The zero-order valence-corrected chi connectivity index (χ0v) is 13.1. The van der Waals surface area contributed by atoms with Gasteiger partial charge in [0.05, 0.1) is 18.9 Å². The van der Waals surface area contributed by atoms with Crippen molar-refractivity contribution in [1.82, 2.24) is 0 Å². The number of aryl methyl sites for hydroxylation is 1. The van der Waals surface area contributed by atoms with E-state index in [0.717, 1.165) is 10.6 Å². The molecule has 0 atom stereocenters. The van der Waals surface area contributed by atoms with Crippen molar-refractivity contribution in [2.45, 2.75) is 20.3 Å². The van der Waals surface area contributed by atoms with Crippen LogP contribution >= 0.6 is 0 Å². The summed E-state index contributed by atoms with van der Waals surface area (Å²) in [6, 6.07) is 6.90. The number of anilines is 1. The van der Waals surface area contributed by atoms with E-state index in [1.165, 1.54) is 6.08 Å². The number of esters is 1. The van der Waals surface area contributed by atoms with Gasteiger partial charge in [-0.05, 0) is 25.5 Å². The number of rotatable bonds is 7. The number of hydrogen-bond acceptors (Lipinski definition) is 6. The summed E-state index contributed by atoms with van der Waals surface area (Å²) in [6.07, 6.45) is 0.830. The first-order valence-corrected chi connectivity index (χ1v) is 6.90. The molecule has 1 rings (SSSR count). The summed E-state index contributed by atoms with van der Waals surface area (Å²) in [5.74, 6) is -0.497. The Balaban J connectivity index is 2.54. The van der Waals surface area contributed by atoms with Crippen molar-refractivity contribution < 1.29 is 23.9 Å². The minimum absolute atomic E-state index is 0.0130. The molecule has 0 spiro atoms. The molecule has 0 unspecified atom stereocenters. The number of hydrogen-bond donors (Lipinski definition) is 0. The standard InChI is InChI=1S/C16H18N2O5/c1-12(2)15(20)22-9-6-10-23-16(21)18(17-11-19)14-8-5-4-7-13(14)3/h4-5,7-8H,1,6,9-10H2,2-3H3. The highest BCUT2D eigenvalue weighted by atomic mass is 16.6. The van der Waals surface area contributed by atoms with Crippen LogP contribution in [0.3, 0.4) is 0 Å². The molecule has 0 saturated heterocycles. The van der Waals surface area contributed by atoms with E-state index in [1.54, 1.807) is 38.1 Å². The molecule has 23 heavy (non-hydrogen) atoms. The molecule has 0 heterocycles. The van der Waals surface area contributed by atoms with Crippen LogP contribution in [0, 0.1) is 6.92 Å². The van der Waals surface area contributed by atoms with Crippen LogP contribution in [0.15, 0.2) is 41.5 Å². The SMILES string of the molecule is C=C(C)C(=O)OCCCOC(=O)N(N=C=O)c1ccccc1C. The number of isocyanates is 1. The van der Waals surface area contributed by atoms with Crippen molar-refractivity contribution in [2.75, 3.05) is 18.2 Å². The van der Waals surface area contributed by atoms with E-state index in [4.69, 9.17) is 9.47 Å². The topological polar surface area (TPSA) is 85.3 Å². The summed E-state index contributed by atoms with van der Waals surface area (Å²) < 4.78 is 9.88. The molecule has 0 fully saturated rings. The Morgan fingerprint density at radius 1 is 1.26 bits per heavy atom. The lowest BCUT2D eigenvalue weighted by Crippen LogP contribution is -2.27. The minimum Gasteiger partial charge on any atom is -0.462 e. The quantitative estimate of drug-likeness (QED) is 0.193. The number of benzene rings is 1. The molecule has 0 bridgehead atoms. The zero-order valence-electron chi connectivity index (χ0n) is 13.1. The largest absolute Gasteiger partial charge is 0.462 e. The van der Waals surface area contributed by atoms with Gasteiger partial charge in [-0.3, -0.25) is 0 Å². The third-order valence-electron chi connectivity index (χ3n) is 2.75. The van der Waals surface area contributed by atoms with Crippen molar-refractivity contribution in [3.05, 3.63) is 42.0 Å². The van der Waals surface area contributed by atoms with Crippen molar-refractivity contribution >= 4 is 23.8 Å². The van der Waals surface area contributed by atoms with Gasteiger partial charge in [0.15, 0.2) is 0 Å². The lowest BCUT2D eigenvalue weighted by molar-refractivity contribution is -0.139. The fraction of sp³-hybridized carbons (Fsp3) is 0.312. The Bertz CT molecular complexity index is 635. The van der Waals surface area contributed by atoms with E-state index in [2.05, 4.69) is 11.7 Å². The second kappa shape index (κ2) is 9.17. The van der Waals surface area contributed by atoms with E-state index >= 15 is 0 Å². The van der Waals surface area contributed by atoms with Crippen LogP contribution in [0.5, 0.6) is 0 Å². The second-order valence-electron chi connectivity index (χ2n) is 4.67. The Labute approximate surface area is 134 Å². The number of ether oxygens (including phenoxy) is 2. The Morgan fingerprint density at radius 3 is 2.52 bits per heavy atom. The average molecular weight is 318 g/mol. The Kier molecular flexibility index (Phi) is 7.23. The first kappa shape index (κ1) is 18.1. The predicted octanol–water partition coefficient (Wildman–Crippen LogP) is 2.70. The van der Waals surface area contributed by atoms with Gasteiger partial charge in [0.2, 0.25) is 0 Å². The van der Waals surface area contributed by atoms with E-state index in [9.17, 15) is 14.4 Å². The van der Waals surface area contributed by atoms with E-state index < -0.39 is 12.1 Å². The Hall–Kier alpha value is -2.92. The summed E-state index contributed by atoms with van der Waals surface area (Å²) >= 11 is 0. The van der Waals surface area contributed by atoms with Crippen LogP contribution in [0.1, 0.15) is 18.9 Å². The number of hydrazone groups is 1. The lowest BCUT2D eigenvalue weighted by atomic mass is 10.2. The molecule has 0 aliphatic carbocycles. The van der Waals surface area contributed by atoms with Crippen LogP contribution in [0.4, 0.5) is 10.5 Å². The van der Waals surface area contributed by atoms with Gasteiger partial charge in [-0.15, -0.1) is 0 Å². The summed E-state index contributed by atoms with van der Waals surface area (Å²) in [5.41, 5.74) is 1.47. The van der Waals surface area contributed by atoms with Gasteiger partial charge in [-0.25, -0.2) is 14.4 Å². The average Bonchev–Trinajstić information content (AvgIpc) is 2.52. The summed E-state index contributed by atoms with van der Waals surface area (Å²) in [6.45, 7) is 6.87. The third-order valence-corrected chi connectivity index (χ3v) is 2.75. The van der Waals surface area contributed by atoms with Crippen LogP contribution in [0.2, 0.25) is 0 Å². The molecule has 1 amide bonds. The maximum atomic E-state index is 12.0. The van der Waals surface area contributed by atoms with E-state index in [1.807, 2.05) is 0 Å². The normalized spacial score (nSPS) is 9.48. The highest BCUT2D eigenvalue weighted by Gasteiger charge is 2.18. The molecule has 0 aliphatic rings. The molecule has 0 N–H and O–H groups in total. The number of carbonyl (C=O) groups excluding carboxylic acids is 3. The molecule has 1 aromatic rings. The number of amides is 1. The van der Waals surface area contributed by atoms with Crippen LogP contribution in [-0.4, -0.2) is 31.4 Å².